The minimum absolute atomic E-state index is 0.199. The van der Waals surface area contributed by atoms with Crippen LogP contribution in [0.5, 0.6) is 0 Å². The molecule has 0 bridgehead atoms. The smallest absolute Gasteiger partial charge is 0.227 e. The van der Waals surface area contributed by atoms with Crippen molar-refractivity contribution in [3.63, 3.8) is 0 Å². The van der Waals surface area contributed by atoms with Crippen molar-refractivity contribution in [3.05, 3.63) is 53.1 Å². The lowest BCUT2D eigenvalue weighted by molar-refractivity contribution is -0.117. The first-order valence-corrected chi connectivity index (χ1v) is 6.96. The fraction of sp³-hybridized carbons (Fsp3) is 0.267. The molecule has 0 saturated carbocycles. The molecule has 5 heteroatoms. The van der Waals surface area contributed by atoms with Crippen LogP contribution in [0.4, 0.5) is 5.69 Å². The van der Waals surface area contributed by atoms with E-state index in [2.05, 4.69) is 9.97 Å². The number of carbonyl (C=O) groups excluding carboxylic acids is 1. The van der Waals surface area contributed by atoms with E-state index in [4.69, 9.17) is 11.6 Å². The molecule has 3 rings (SSSR count). The van der Waals surface area contributed by atoms with E-state index in [9.17, 15) is 4.79 Å². The summed E-state index contributed by atoms with van der Waals surface area (Å²) in [6, 6.07) is 7.99. The Labute approximate surface area is 122 Å². The van der Waals surface area contributed by atoms with Crippen molar-refractivity contribution in [2.75, 3.05) is 11.4 Å². The van der Waals surface area contributed by atoms with E-state index in [1.807, 2.05) is 29.2 Å². The van der Waals surface area contributed by atoms with Crippen LogP contribution < -0.4 is 4.90 Å². The zero-order valence-electron chi connectivity index (χ0n) is 10.9. The maximum absolute atomic E-state index is 11.8. The van der Waals surface area contributed by atoms with Crippen molar-refractivity contribution in [2.45, 2.75) is 19.3 Å². The van der Waals surface area contributed by atoms with Crippen molar-refractivity contribution in [1.29, 1.82) is 0 Å². The highest BCUT2D eigenvalue weighted by Gasteiger charge is 2.21. The van der Waals surface area contributed by atoms with Crippen molar-refractivity contribution < 1.29 is 4.79 Å². The third kappa shape index (κ3) is 2.80. The number of anilines is 1. The molecule has 20 heavy (non-hydrogen) atoms. The van der Waals surface area contributed by atoms with Gasteiger partial charge < -0.3 is 4.90 Å². The molecular weight excluding hydrogens is 274 g/mol. The Morgan fingerprint density at radius 1 is 1.30 bits per heavy atom. The van der Waals surface area contributed by atoms with Crippen LogP contribution >= 0.6 is 11.6 Å². The van der Waals surface area contributed by atoms with Gasteiger partial charge in [-0.3, -0.25) is 9.78 Å². The van der Waals surface area contributed by atoms with Gasteiger partial charge in [0.15, 0.2) is 0 Å². The predicted molar refractivity (Wildman–Crippen MR) is 77.9 cm³/mol. The highest BCUT2D eigenvalue weighted by Crippen LogP contribution is 2.23. The normalized spacial score (nSPS) is 14.8. The number of aromatic nitrogens is 2. The first-order valence-electron chi connectivity index (χ1n) is 6.58. The number of benzene rings is 1. The van der Waals surface area contributed by atoms with Gasteiger partial charge in [0.1, 0.15) is 5.15 Å². The van der Waals surface area contributed by atoms with Gasteiger partial charge in [-0.25, -0.2) is 4.98 Å². The molecule has 0 N–H and O–H groups in total. The lowest BCUT2D eigenvalue weighted by atomic mass is 10.1. The second kappa shape index (κ2) is 5.59. The fourth-order valence-electron chi connectivity index (χ4n) is 2.43. The molecule has 2 aromatic rings. The summed E-state index contributed by atoms with van der Waals surface area (Å²) >= 11 is 5.84. The molecule has 0 aliphatic carbocycles. The highest BCUT2D eigenvalue weighted by molar-refractivity contribution is 6.29. The van der Waals surface area contributed by atoms with Crippen molar-refractivity contribution in [2.24, 2.45) is 0 Å². The molecule has 1 saturated heterocycles. The topological polar surface area (TPSA) is 46.1 Å². The largest absolute Gasteiger partial charge is 0.312 e. The van der Waals surface area contributed by atoms with Gasteiger partial charge in [-0.2, -0.15) is 0 Å². The van der Waals surface area contributed by atoms with Gasteiger partial charge in [0.25, 0.3) is 0 Å². The number of amides is 1. The number of nitrogens with zero attached hydrogens (tertiary/aromatic N) is 3. The second-order valence-corrected chi connectivity index (χ2v) is 5.22. The molecule has 1 aliphatic rings. The summed E-state index contributed by atoms with van der Waals surface area (Å²) in [4.78, 5) is 21.9. The molecule has 0 atom stereocenters. The summed E-state index contributed by atoms with van der Waals surface area (Å²) in [5.41, 5.74) is 2.88. The number of halogens is 1. The van der Waals surface area contributed by atoms with Crippen molar-refractivity contribution in [1.82, 2.24) is 9.97 Å². The first-order chi connectivity index (χ1) is 9.72. The summed E-state index contributed by atoms with van der Waals surface area (Å²) < 4.78 is 0. The van der Waals surface area contributed by atoms with Crippen LogP contribution in [0.3, 0.4) is 0 Å². The summed E-state index contributed by atoms with van der Waals surface area (Å²) in [7, 11) is 0. The zero-order chi connectivity index (χ0) is 13.9. The highest BCUT2D eigenvalue weighted by atomic mass is 35.5. The Kier molecular flexibility index (Phi) is 3.65. The van der Waals surface area contributed by atoms with Gasteiger partial charge in [-0.05, 0) is 24.1 Å². The number of rotatable bonds is 3. The van der Waals surface area contributed by atoms with Gasteiger partial charge in [0.05, 0.1) is 11.9 Å². The van der Waals surface area contributed by atoms with Crippen LogP contribution in [0.2, 0.25) is 5.15 Å². The van der Waals surface area contributed by atoms with E-state index in [1.54, 1.807) is 6.20 Å². The van der Waals surface area contributed by atoms with E-state index in [0.29, 0.717) is 18.0 Å². The lowest BCUT2D eigenvalue weighted by Gasteiger charge is -2.16. The SMILES string of the molecule is O=C1CCCN1c1cccc(Cc2cncc(Cl)n2)c1. The molecule has 0 radical (unpaired) electrons. The number of hydrogen-bond donors (Lipinski definition) is 0. The summed E-state index contributed by atoms with van der Waals surface area (Å²) in [5, 5.41) is 0.397. The van der Waals surface area contributed by atoms with E-state index in [-0.39, 0.29) is 5.91 Å². The van der Waals surface area contributed by atoms with Gasteiger partial charge >= 0.3 is 0 Å². The molecule has 1 aromatic heterocycles. The molecule has 1 amide bonds. The zero-order valence-corrected chi connectivity index (χ0v) is 11.7. The Hall–Kier alpha value is -1.94. The van der Waals surface area contributed by atoms with E-state index < -0.39 is 0 Å². The molecule has 4 nitrogen and oxygen atoms in total. The van der Waals surface area contributed by atoms with Crippen molar-refractivity contribution >= 4 is 23.2 Å². The van der Waals surface area contributed by atoms with Gasteiger partial charge in [-0.15, -0.1) is 0 Å². The predicted octanol–water partition coefficient (Wildman–Crippen LogP) is 2.85. The minimum Gasteiger partial charge on any atom is -0.312 e. The van der Waals surface area contributed by atoms with Crippen LogP contribution in [0.25, 0.3) is 0 Å². The van der Waals surface area contributed by atoms with Crippen LogP contribution in [0.15, 0.2) is 36.7 Å². The standard InChI is InChI=1S/C15H14ClN3O/c16-14-10-17-9-12(18-14)7-11-3-1-4-13(8-11)19-6-2-5-15(19)20/h1,3-4,8-10H,2,5-7H2. The average molecular weight is 288 g/mol. The maximum Gasteiger partial charge on any atom is 0.227 e. The summed E-state index contributed by atoms with van der Waals surface area (Å²) in [6.07, 6.45) is 5.46. The Morgan fingerprint density at radius 3 is 2.95 bits per heavy atom. The fourth-order valence-corrected chi connectivity index (χ4v) is 2.59. The van der Waals surface area contributed by atoms with Crippen LogP contribution in [-0.4, -0.2) is 22.4 Å². The van der Waals surface area contributed by atoms with E-state index in [0.717, 1.165) is 29.9 Å². The Bertz CT molecular complexity index is 645. The second-order valence-electron chi connectivity index (χ2n) is 4.83. The van der Waals surface area contributed by atoms with Crippen LogP contribution in [-0.2, 0) is 11.2 Å². The number of hydrogen-bond acceptors (Lipinski definition) is 3. The third-order valence-electron chi connectivity index (χ3n) is 3.34. The molecule has 102 valence electrons. The first kappa shape index (κ1) is 13.1. The maximum atomic E-state index is 11.8. The summed E-state index contributed by atoms with van der Waals surface area (Å²) in [5.74, 6) is 0.199. The minimum atomic E-state index is 0.199. The van der Waals surface area contributed by atoms with Crippen molar-refractivity contribution in [3.8, 4) is 0 Å². The molecule has 1 aromatic carbocycles. The van der Waals surface area contributed by atoms with Crippen LogP contribution in [0.1, 0.15) is 24.1 Å². The van der Waals surface area contributed by atoms with Gasteiger partial charge in [0.2, 0.25) is 5.91 Å². The molecule has 0 unspecified atom stereocenters. The summed E-state index contributed by atoms with van der Waals surface area (Å²) in [6.45, 7) is 0.805. The van der Waals surface area contributed by atoms with E-state index in [1.165, 1.54) is 6.20 Å². The molecule has 1 fully saturated rings. The molecule has 1 aliphatic heterocycles. The quantitative estimate of drug-likeness (QED) is 0.872. The van der Waals surface area contributed by atoms with Gasteiger partial charge in [-0.1, -0.05) is 23.7 Å². The van der Waals surface area contributed by atoms with Crippen LogP contribution in [0, 0.1) is 0 Å². The van der Waals surface area contributed by atoms with E-state index >= 15 is 0 Å². The average Bonchev–Trinajstić information content (AvgIpc) is 2.85. The Morgan fingerprint density at radius 2 is 2.20 bits per heavy atom. The van der Waals surface area contributed by atoms with Gasteiger partial charge in [0, 0.05) is 31.3 Å². The third-order valence-corrected chi connectivity index (χ3v) is 3.52. The molecule has 2 heterocycles. The number of carbonyl (C=O) groups is 1. The molecular formula is C15H14ClN3O. The molecule has 0 spiro atoms. The Balaban J connectivity index is 1.82. The lowest BCUT2D eigenvalue weighted by Crippen LogP contribution is -2.23. The monoisotopic (exact) mass is 287 g/mol.